The van der Waals surface area contributed by atoms with Crippen LogP contribution >= 0.6 is 22.9 Å². The van der Waals surface area contributed by atoms with Gasteiger partial charge in [-0.25, -0.2) is 4.98 Å². The van der Waals surface area contributed by atoms with Crippen molar-refractivity contribution in [3.63, 3.8) is 0 Å². The molecule has 1 N–H and O–H groups in total. The number of hydrogen-bond donors (Lipinski definition) is 1. The zero-order valence-corrected chi connectivity index (χ0v) is 10.6. The zero-order valence-electron chi connectivity index (χ0n) is 9.03. The normalized spacial score (nSPS) is 17.6. The molecule has 0 amide bonds. The first-order chi connectivity index (χ1) is 7.75. The zero-order chi connectivity index (χ0) is 11.1. The molecule has 1 aromatic carbocycles. The Morgan fingerprint density at radius 3 is 3.06 bits per heavy atom. The van der Waals surface area contributed by atoms with Crippen LogP contribution in [0.4, 0.5) is 5.69 Å². The summed E-state index contributed by atoms with van der Waals surface area (Å²) in [4.78, 5) is 4.38. The second-order valence-corrected chi connectivity index (χ2v) is 5.69. The summed E-state index contributed by atoms with van der Waals surface area (Å²) >= 11 is 7.88. The Kier molecular flexibility index (Phi) is 2.52. The molecular weight excluding hydrogens is 240 g/mol. The molecule has 1 aliphatic carbocycles. The van der Waals surface area contributed by atoms with Gasteiger partial charge in [0.1, 0.15) is 5.52 Å². The third-order valence-corrected chi connectivity index (χ3v) is 4.26. The highest BCUT2D eigenvalue weighted by atomic mass is 35.5. The minimum Gasteiger partial charge on any atom is -0.379 e. The molecule has 2 aromatic rings. The van der Waals surface area contributed by atoms with Crippen LogP contribution in [0, 0.1) is 5.92 Å². The molecule has 1 unspecified atom stereocenters. The number of hydrogen-bond acceptors (Lipinski definition) is 3. The molecule has 1 saturated carbocycles. The fraction of sp³-hybridized carbons (Fsp3) is 0.417. The van der Waals surface area contributed by atoms with Gasteiger partial charge in [-0.3, -0.25) is 0 Å². The number of anilines is 1. The Balaban J connectivity index is 1.99. The van der Waals surface area contributed by atoms with E-state index in [1.54, 1.807) is 11.3 Å². The van der Waals surface area contributed by atoms with Gasteiger partial charge >= 0.3 is 0 Å². The molecule has 1 heterocycles. The quantitative estimate of drug-likeness (QED) is 0.887. The van der Waals surface area contributed by atoms with E-state index in [0.717, 1.165) is 22.1 Å². The maximum absolute atomic E-state index is 6.23. The number of nitrogens with one attached hydrogen (secondary N) is 1. The molecule has 16 heavy (non-hydrogen) atoms. The van der Waals surface area contributed by atoms with Gasteiger partial charge in [-0.1, -0.05) is 11.6 Å². The second-order valence-electron chi connectivity index (χ2n) is 4.39. The first-order valence-electron chi connectivity index (χ1n) is 5.54. The van der Waals surface area contributed by atoms with Crippen molar-refractivity contribution in [3.05, 3.63) is 22.7 Å². The van der Waals surface area contributed by atoms with E-state index < -0.39 is 0 Å². The van der Waals surface area contributed by atoms with E-state index in [9.17, 15) is 0 Å². The lowest BCUT2D eigenvalue weighted by atomic mass is 10.2. The smallest absolute Gasteiger partial charge is 0.106 e. The number of halogens is 1. The van der Waals surface area contributed by atoms with E-state index in [1.807, 2.05) is 17.6 Å². The van der Waals surface area contributed by atoms with Gasteiger partial charge < -0.3 is 5.32 Å². The average molecular weight is 253 g/mol. The summed E-state index contributed by atoms with van der Waals surface area (Å²) in [5.74, 6) is 0.810. The highest BCUT2D eigenvalue weighted by molar-refractivity contribution is 7.16. The largest absolute Gasteiger partial charge is 0.379 e. The molecule has 0 spiro atoms. The summed E-state index contributed by atoms with van der Waals surface area (Å²) in [7, 11) is 0. The van der Waals surface area contributed by atoms with Crippen LogP contribution in [0.15, 0.2) is 17.6 Å². The van der Waals surface area contributed by atoms with E-state index in [0.29, 0.717) is 6.04 Å². The molecule has 1 aliphatic rings. The van der Waals surface area contributed by atoms with Gasteiger partial charge in [0.2, 0.25) is 0 Å². The minimum absolute atomic E-state index is 0.491. The Bertz CT molecular complexity index is 519. The van der Waals surface area contributed by atoms with Gasteiger partial charge in [-0.15, -0.1) is 11.3 Å². The fourth-order valence-corrected chi connectivity index (χ4v) is 2.88. The van der Waals surface area contributed by atoms with E-state index >= 15 is 0 Å². The highest BCUT2D eigenvalue weighted by Gasteiger charge is 2.28. The highest BCUT2D eigenvalue weighted by Crippen LogP contribution is 2.37. The SMILES string of the molecule is CC(Nc1c(Cl)ccc2scnc12)C1CC1. The fourth-order valence-electron chi connectivity index (χ4n) is 1.99. The maximum Gasteiger partial charge on any atom is 0.106 e. The lowest BCUT2D eigenvalue weighted by Crippen LogP contribution is -2.17. The van der Waals surface area contributed by atoms with Crippen molar-refractivity contribution in [2.75, 3.05) is 5.32 Å². The van der Waals surface area contributed by atoms with Gasteiger partial charge in [0.15, 0.2) is 0 Å². The van der Waals surface area contributed by atoms with Crippen molar-refractivity contribution in [2.24, 2.45) is 5.92 Å². The third kappa shape index (κ3) is 1.78. The molecule has 3 rings (SSSR count). The van der Waals surface area contributed by atoms with E-state index in [-0.39, 0.29) is 0 Å². The maximum atomic E-state index is 6.23. The summed E-state index contributed by atoms with van der Waals surface area (Å²) in [6, 6.07) is 4.47. The van der Waals surface area contributed by atoms with Gasteiger partial charge in [-0.05, 0) is 37.8 Å². The molecule has 0 aliphatic heterocycles. The van der Waals surface area contributed by atoms with Gasteiger partial charge in [-0.2, -0.15) is 0 Å². The van der Waals surface area contributed by atoms with Crippen molar-refractivity contribution in [1.29, 1.82) is 0 Å². The summed E-state index contributed by atoms with van der Waals surface area (Å²) in [5.41, 5.74) is 3.87. The van der Waals surface area contributed by atoms with Crippen LogP contribution in [-0.4, -0.2) is 11.0 Å². The Hall–Kier alpha value is -0.800. The van der Waals surface area contributed by atoms with Crippen LogP contribution in [0.1, 0.15) is 19.8 Å². The van der Waals surface area contributed by atoms with E-state index in [4.69, 9.17) is 11.6 Å². The predicted octanol–water partition coefficient (Wildman–Crippen LogP) is 4.16. The molecule has 84 valence electrons. The van der Waals surface area contributed by atoms with Crippen LogP contribution in [0.5, 0.6) is 0 Å². The predicted molar refractivity (Wildman–Crippen MR) is 70.4 cm³/mol. The van der Waals surface area contributed by atoms with Crippen LogP contribution in [0.2, 0.25) is 5.02 Å². The number of aromatic nitrogens is 1. The Morgan fingerprint density at radius 1 is 1.50 bits per heavy atom. The molecule has 2 nitrogen and oxygen atoms in total. The van der Waals surface area contributed by atoms with Crippen molar-refractivity contribution in [2.45, 2.75) is 25.8 Å². The van der Waals surface area contributed by atoms with Gasteiger partial charge in [0.05, 0.1) is 20.9 Å². The first kappa shape index (κ1) is 10.4. The number of rotatable bonds is 3. The summed E-state index contributed by atoms with van der Waals surface area (Å²) < 4.78 is 1.19. The summed E-state index contributed by atoms with van der Waals surface area (Å²) in [6.07, 6.45) is 2.66. The number of thiazole rings is 1. The van der Waals surface area contributed by atoms with Crippen molar-refractivity contribution in [3.8, 4) is 0 Å². The van der Waals surface area contributed by atoms with Crippen molar-refractivity contribution in [1.82, 2.24) is 4.98 Å². The van der Waals surface area contributed by atoms with Gasteiger partial charge in [0.25, 0.3) is 0 Å². The molecule has 4 heteroatoms. The molecule has 0 bridgehead atoms. The number of benzene rings is 1. The van der Waals surface area contributed by atoms with Crippen LogP contribution < -0.4 is 5.32 Å². The third-order valence-electron chi connectivity index (χ3n) is 3.15. The first-order valence-corrected chi connectivity index (χ1v) is 6.79. The van der Waals surface area contributed by atoms with Gasteiger partial charge in [0, 0.05) is 6.04 Å². The number of fused-ring (bicyclic) bond motifs is 1. The number of nitrogens with zero attached hydrogens (tertiary/aromatic N) is 1. The molecule has 1 atom stereocenters. The Labute approximate surface area is 104 Å². The topological polar surface area (TPSA) is 24.9 Å². The van der Waals surface area contributed by atoms with Crippen molar-refractivity contribution >= 4 is 38.8 Å². The van der Waals surface area contributed by atoms with E-state index in [1.165, 1.54) is 17.5 Å². The van der Waals surface area contributed by atoms with Crippen LogP contribution in [0.25, 0.3) is 10.2 Å². The van der Waals surface area contributed by atoms with Crippen LogP contribution in [-0.2, 0) is 0 Å². The average Bonchev–Trinajstić information content (AvgIpc) is 3.01. The molecule has 0 saturated heterocycles. The Morgan fingerprint density at radius 2 is 2.31 bits per heavy atom. The molecular formula is C12H13ClN2S. The van der Waals surface area contributed by atoms with E-state index in [2.05, 4.69) is 17.2 Å². The lowest BCUT2D eigenvalue weighted by molar-refractivity contribution is 0.695. The van der Waals surface area contributed by atoms with Crippen LogP contribution in [0.3, 0.4) is 0 Å². The minimum atomic E-state index is 0.491. The standard InChI is InChI=1S/C12H13ClN2S/c1-7(8-2-3-8)15-11-9(13)4-5-10-12(11)14-6-16-10/h4-8,15H,2-3H2,1H3. The molecule has 0 radical (unpaired) electrons. The molecule has 1 aromatic heterocycles. The molecule has 1 fully saturated rings. The summed E-state index contributed by atoms with van der Waals surface area (Å²) in [6.45, 7) is 2.22. The summed E-state index contributed by atoms with van der Waals surface area (Å²) in [5, 5.41) is 4.28. The monoisotopic (exact) mass is 252 g/mol. The lowest BCUT2D eigenvalue weighted by Gasteiger charge is -2.15. The van der Waals surface area contributed by atoms with Crippen molar-refractivity contribution < 1.29 is 0 Å². The second kappa shape index (κ2) is 3.90.